The zero-order valence-electron chi connectivity index (χ0n) is 11.2. The number of amides is 1. The minimum atomic E-state index is -4.62. The van der Waals surface area contributed by atoms with Gasteiger partial charge in [0.25, 0.3) is 5.91 Å². The van der Waals surface area contributed by atoms with Crippen molar-refractivity contribution >= 4 is 5.91 Å². The van der Waals surface area contributed by atoms with Crippen molar-refractivity contribution in [3.05, 3.63) is 29.8 Å². The minimum absolute atomic E-state index is 0.0387. The molecule has 21 heavy (non-hydrogen) atoms. The van der Waals surface area contributed by atoms with E-state index in [1.165, 1.54) is 23.1 Å². The lowest BCUT2D eigenvalue weighted by molar-refractivity contribution is -0.222. The summed E-state index contributed by atoms with van der Waals surface area (Å²) in [4.78, 5) is 13.6. The van der Waals surface area contributed by atoms with Crippen molar-refractivity contribution in [2.45, 2.75) is 25.1 Å². The molecule has 2 N–H and O–H groups in total. The number of piperidine rings is 1. The van der Waals surface area contributed by atoms with Gasteiger partial charge in [0.2, 0.25) is 0 Å². The summed E-state index contributed by atoms with van der Waals surface area (Å²) in [6.45, 7) is 0.318. The van der Waals surface area contributed by atoms with Crippen LogP contribution in [0, 0.1) is 5.92 Å². The standard InChI is InChI=1S/C14H16F3NO3/c15-14(16,17)12(20)9-4-6-18(7-5-9)13(21)10-2-1-3-11(19)8-10/h1-3,8-9,12,19-20H,4-7H2. The van der Waals surface area contributed by atoms with Gasteiger partial charge in [-0.25, -0.2) is 0 Å². The quantitative estimate of drug-likeness (QED) is 0.880. The number of hydrogen-bond donors (Lipinski definition) is 2. The summed E-state index contributed by atoms with van der Waals surface area (Å²) in [5.74, 6) is -1.24. The van der Waals surface area contributed by atoms with E-state index in [0.29, 0.717) is 5.56 Å². The second-order valence-electron chi connectivity index (χ2n) is 5.17. The minimum Gasteiger partial charge on any atom is -0.508 e. The Kier molecular flexibility index (Phi) is 4.41. The van der Waals surface area contributed by atoms with E-state index in [9.17, 15) is 28.2 Å². The number of aliphatic hydroxyl groups is 1. The molecule has 1 fully saturated rings. The molecule has 1 atom stereocenters. The highest BCUT2D eigenvalue weighted by atomic mass is 19.4. The Labute approximate surface area is 119 Å². The smallest absolute Gasteiger partial charge is 0.414 e. The van der Waals surface area contributed by atoms with Gasteiger partial charge < -0.3 is 15.1 Å². The van der Waals surface area contributed by atoms with Crippen molar-refractivity contribution < 1.29 is 28.2 Å². The van der Waals surface area contributed by atoms with Crippen LogP contribution in [0.2, 0.25) is 0 Å². The van der Waals surface area contributed by atoms with Crippen LogP contribution in [0.1, 0.15) is 23.2 Å². The topological polar surface area (TPSA) is 60.8 Å². The summed E-state index contributed by atoms with van der Waals surface area (Å²) in [5, 5.41) is 18.6. The van der Waals surface area contributed by atoms with Crippen LogP contribution in [-0.2, 0) is 0 Å². The first kappa shape index (κ1) is 15.6. The Morgan fingerprint density at radius 2 is 1.90 bits per heavy atom. The number of alkyl halides is 3. The Bertz CT molecular complexity index is 510. The number of likely N-dealkylation sites (tertiary alicyclic amines) is 1. The number of aliphatic hydroxyl groups excluding tert-OH is 1. The van der Waals surface area contributed by atoms with E-state index in [1.807, 2.05) is 0 Å². The van der Waals surface area contributed by atoms with Gasteiger partial charge in [-0.2, -0.15) is 13.2 Å². The molecule has 0 radical (unpaired) electrons. The van der Waals surface area contributed by atoms with Crippen molar-refractivity contribution in [3.8, 4) is 5.75 Å². The lowest BCUT2D eigenvalue weighted by Gasteiger charge is -2.34. The highest BCUT2D eigenvalue weighted by molar-refractivity contribution is 5.94. The van der Waals surface area contributed by atoms with Gasteiger partial charge >= 0.3 is 6.18 Å². The molecule has 116 valence electrons. The van der Waals surface area contributed by atoms with E-state index < -0.39 is 18.2 Å². The third-order valence-electron chi connectivity index (χ3n) is 3.70. The number of benzene rings is 1. The zero-order chi connectivity index (χ0) is 15.6. The SMILES string of the molecule is O=C(c1cccc(O)c1)N1CCC(C(O)C(F)(F)F)CC1. The van der Waals surface area contributed by atoms with Crippen LogP contribution >= 0.6 is 0 Å². The van der Waals surface area contributed by atoms with Crippen molar-refractivity contribution in [2.24, 2.45) is 5.92 Å². The third kappa shape index (κ3) is 3.66. The van der Waals surface area contributed by atoms with Crippen molar-refractivity contribution in [1.82, 2.24) is 4.90 Å². The summed E-state index contributed by atoms with van der Waals surface area (Å²) in [7, 11) is 0. The van der Waals surface area contributed by atoms with Gasteiger partial charge in [-0.3, -0.25) is 4.79 Å². The predicted molar refractivity (Wildman–Crippen MR) is 68.8 cm³/mol. The number of phenolic OH excluding ortho intramolecular Hbond substituents is 1. The van der Waals surface area contributed by atoms with Crippen LogP contribution in [0.4, 0.5) is 13.2 Å². The van der Waals surface area contributed by atoms with Gasteiger partial charge in [-0.15, -0.1) is 0 Å². The maximum Gasteiger partial charge on any atom is 0.414 e. The lowest BCUT2D eigenvalue weighted by atomic mass is 9.90. The molecule has 7 heteroatoms. The van der Waals surface area contributed by atoms with Crippen LogP contribution in [0.25, 0.3) is 0 Å². The molecule has 1 aliphatic heterocycles. The predicted octanol–water partition coefficient (Wildman–Crippen LogP) is 2.17. The van der Waals surface area contributed by atoms with Gasteiger partial charge in [0.05, 0.1) is 0 Å². The van der Waals surface area contributed by atoms with Crippen molar-refractivity contribution in [2.75, 3.05) is 13.1 Å². The maximum atomic E-state index is 12.4. The van der Waals surface area contributed by atoms with E-state index in [1.54, 1.807) is 6.07 Å². The molecule has 1 aromatic carbocycles. The molecule has 2 rings (SSSR count). The lowest BCUT2D eigenvalue weighted by Crippen LogP contribution is -2.45. The molecule has 1 aromatic rings. The molecule has 0 bridgehead atoms. The maximum absolute atomic E-state index is 12.4. The van der Waals surface area contributed by atoms with E-state index in [0.717, 1.165) is 0 Å². The number of halogens is 3. The Morgan fingerprint density at radius 3 is 2.43 bits per heavy atom. The van der Waals surface area contributed by atoms with Crippen LogP contribution in [-0.4, -0.2) is 46.4 Å². The summed E-state index contributed by atoms with van der Waals surface area (Å²) in [5.41, 5.74) is 0.296. The van der Waals surface area contributed by atoms with Crippen LogP contribution < -0.4 is 0 Å². The molecule has 1 aliphatic rings. The largest absolute Gasteiger partial charge is 0.508 e. The Morgan fingerprint density at radius 1 is 1.29 bits per heavy atom. The summed E-state index contributed by atoms with van der Waals surface area (Å²) < 4.78 is 37.3. The molecular formula is C14H16F3NO3. The van der Waals surface area contributed by atoms with Crippen molar-refractivity contribution in [3.63, 3.8) is 0 Å². The summed E-state index contributed by atoms with van der Waals surface area (Å²) >= 11 is 0. The average Bonchev–Trinajstić information content (AvgIpc) is 2.45. The van der Waals surface area contributed by atoms with Gasteiger partial charge in [-0.05, 0) is 37.0 Å². The van der Waals surface area contributed by atoms with Crippen molar-refractivity contribution in [1.29, 1.82) is 0 Å². The van der Waals surface area contributed by atoms with Gasteiger partial charge in [0.1, 0.15) is 5.75 Å². The number of rotatable bonds is 2. The summed E-state index contributed by atoms with van der Waals surface area (Å²) in [6.07, 6.45) is -6.76. The Hall–Kier alpha value is -1.76. The first-order valence-electron chi connectivity index (χ1n) is 6.62. The number of carbonyl (C=O) groups is 1. The fraction of sp³-hybridized carbons (Fsp3) is 0.500. The summed E-state index contributed by atoms with van der Waals surface area (Å²) in [6, 6.07) is 5.82. The fourth-order valence-corrected chi connectivity index (χ4v) is 2.51. The van der Waals surface area contributed by atoms with Crippen LogP contribution in [0.3, 0.4) is 0 Å². The molecule has 4 nitrogen and oxygen atoms in total. The Balaban J connectivity index is 1.96. The first-order chi connectivity index (χ1) is 9.79. The third-order valence-corrected chi connectivity index (χ3v) is 3.70. The normalized spacial score (nSPS) is 18.6. The number of aromatic hydroxyl groups is 1. The number of hydrogen-bond acceptors (Lipinski definition) is 3. The molecule has 0 aromatic heterocycles. The van der Waals surface area contributed by atoms with E-state index in [-0.39, 0.29) is 37.6 Å². The number of nitrogens with zero attached hydrogens (tertiary/aromatic N) is 1. The van der Waals surface area contributed by atoms with E-state index >= 15 is 0 Å². The molecule has 1 saturated heterocycles. The molecule has 1 amide bonds. The molecule has 0 aliphatic carbocycles. The number of phenols is 1. The second-order valence-corrected chi connectivity index (χ2v) is 5.17. The van der Waals surface area contributed by atoms with E-state index in [2.05, 4.69) is 0 Å². The molecule has 0 saturated carbocycles. The highest BCUT2D eigenvalue weighted by Crippen LogP contribution is 2.32. The van der Waals surface area contributed by atoms with Gasteiger partial charge in [-0.1, -0.05) is 6.07 Å². The molecule has 1 heterocycles. The van der Waals surface area contributed by atoms with E-state index in [4.69, 9.17) is 0 Å². The van der Waals surface area contributed by atoms with Gasteiger partial charge in [0, 0.05) is 18.7 Å². The average molecular weight is 303 g/mol. The van der Waals surface area contributed by atoms with Gasteiger partial charge in [0.15, 0.2) is 6.10 Å². The monoisotopic (exact) mass is 303 g/mol. The molecular weight excluding hydrogens is 287 g/mol. The molecule has 0 spiro atoms. The van der Waals surface area contributed by atoms with Crippen LogP contribution in [0.15, 0.2) is 24.3 Å². The second kappa shape index (κ2) is 5.93. The fourth-order valence-electron chi connectivity index (χ4n) is 2.51. The van der Waals surface area contributed by atoms with Crippen LogP contribution in [0.5, 0.6) is 5.75 Å². The highest BCUT2D eigenvalue weighted by Gasteiger charge is 2.44. The number of carbonyl (C=O) groups excluding carboxylic acids is 1. The first-order valence-corrected chi connectivity index (χ1v) is 6.62. The zero-order valence-corrected chi connectivity index (χ0v) is 11.2. The molecule has 1 unspecified atom stereocenters.